The molecule has 0 aromatic rings. The summed E-state index contributed by atoms with van der Waals surface area (Å²) in [4.78, 5) is 0. The van der Waals surface area contributed by atoms with Gasteiger partial charge < -0.3 is 10.1 Å². The molecule has 0 rings (SSSR count). The maximum Gasteiger partial charge on any atom is 0.0488 e. The first-order chi connectivity index (χ1) is 6.66. The van der Waals surface area contributed by atoms with Crippen LogP contribution in [-0.2, 0) is 4.74 Å². The SMILES string of the molecule is CCNC(C)CCCCOCC(C)C. The summed E-state index contributed by atoms with van der Waals surface area (Å²) in [7, 11) is 0. The van der Waals surface area contributed by atoms with Crippen LogP contribution in [0.15, 0.2) is 0 Å². The Morgan fingerprint density at radius 2 is 1.86 bits per heavy atom. The monoisotopic (exact) mass is 201 g/mol. The van der Waals surface area contributed by atoms with Crippen molar-refractivity contribution in [1.82, 2.24) is 5.32 Å². The second kappa shape index (κ2) is 9.47. The van der Waals surface area contributed by atoms with E-state index in [1.165, 1.54) is 19.3 Å². The van der Waals surface area contributed by atoms with Crippen LogP contribution in [0.5, 0.6) is 0 Å². The molecule has 0 amide bonds. The van der Waals surface area contributed by atoms with Crippen LogP contribution in [0.4, 0.5) is 0 Å². The van der Waals surface area contributed by atoms with Crippen LogP contribution in [0.1, 0.15) is 47.0 Å². The third-order valence-corrected chi connectivity index (χ3v) is 2.18. The number of nitrogens with one attached hydrogen (secondary N) is 1. The van der Waals surface area contributed by atoms with E-state index in [1.807, 2.05) is 0 Å². The molecule has 1 atom stereocenters. The van der Waals surface area contributed by atoms with Gasteiger partial charge in [-0.05, 0) is 38.6 Å². The Labute approximate surface area is 89.4 Å². The Kier molecular flexibility index (Phi) is 9.42. The Bertz CT molecular complexity index is 115. The van der Waals surface area contributed by atoms with E-state index in [-0.39, 0.29) is 0 Å². The van der Waals surface area contributed by atoms with Gasteiger partial charge in [-0.2, -0.15) is 0 Å². The molecule has 0 aliphatic carbocycles. The van der Waals surface area contributed by atoms with Crippen LogP contribution in [-0.4, -0.2) is 25.8 Å². The standard InChI is InChI=1S/C12H27NO/c1-5-13-12(4)8-6-7-9-14-10-11(2)3/h11-13H,5-10H2,1-4H3. The van der Waals surface area contributed by atoms with Gasteiger partial charge in [0.1, 0.15) is 0 Å². The maximum atomic E-state index is 5.52. The second-order valence-electron chi connectivity index (χ2n) is 4.42. The minimum absolute atomic E-state index is 0.657. The molecule has 0 saturated heterocycles. The van der Waals surface area contributed by atoms with Crippen molar-refractivity contribution < 1.29 is 4.74 Å². The molecule has 0 bridgehead atoms. The third-order valence-electron chi connectivity index (χ3n) is 2.18. The normalized spacial score (nSPS) is 13.5. The van der Waals surface area contributed by atoms with Gasteiger partial charge in [0.05, 0.1) is 0 Å². The number of hydrogen-bond donors (Lipinski definition) is 1. The highest BCUT2D eigenvalue weighted by Gasteiger charge is 1.99. The summed E-state index contributed by atoms with van der Waals surface area (Å²) in [5, 5.41) is 3.41. The van der Waals surface area contributed by atoms with E-state index in [9.17, 15) is 0 Å². The summed E-state index contributed by atoms with van der Waals surface area (Å²) in [5.41, 5.74) is 0. The van der Waals surface area contributed by atoms with Gasteiger partial charge in [0.15, 0.2) is 0 Å². The van der Waals surface area contributed by atoms with Crippen LogP contribution < -0.4 is 5.32 Å². The minimum Gasteiger partial charge on any atom is -0.381 e. The molecular weight excluding hydrogens is 174 g/mol. The summed E-state index contributed by atoms with van der Waals surface area (Å²) in [6.07, 6.45) is 3.73. The summed E-state index contributed by atoms with van der Waals surface area (Å²) < 4.78 is 5.52. The predicted molar refractivity (Wildman–Crippen MR) is 62.6 cm³/mol. The maximum absolute atomic E-state index is 5.52. The fourth-order valence-electron chi connectivity index (χ4n) is 1.42. The molecule has 0 heterocycles. The first-order valence-corrected chi connectivity index (χ1v) is 5.98. The van der Waals surface area contributed by atoms with Crippen molar-refractivity contribution in [3.05, 3.63) is 0 Å². The lowest BCUT2D eigenvalue weighted by Gasteiger charge is -2.12. The smallest absolute Gasteiger partial charge is 0.0488 e. The summed E-state index contributed by atoms with van der Waals surface area (Å²) >= 11 is 0. The number of ether oxygens (including phenoxy) is 1. The fraction of sp³-hybridized carbons (Fsp3) is 1.00. The van der Waals surface area contributed by atoms with Crippen molar-refractivity contribution >= 4 is 0 Å². The zero-order valence-corrected chi connectivity index (χ0v) is 10.3. The lowest BCUT2D eigenvalue weighted by atomic mass is 10.1. The van der Waals surface area contributed by atoms with Gasteiger partial charge in [-0.15, -0.1) is 0 Å². The molecule has 2 heteroatoms. The predicted octanol–water partition coefficient (Wildman–Crippen LogP) is 2.83. The summed E-state index contributed by atoms with van der Waals surface area (Å²) in [6.45, 7) is 11.7. The molecule has 2 nitrogen and oxygen atoms in total. The van der Waals surface area contributed by atoms with Crippen molar-refractivity contribution in [3.8, 4) is 0 Å². The minimum atomic E-state index is 0.657. The van der Waals surface area contributed by atoms with Gasteiger partial charge in [0.25, 0.3) is 0 Å². The van der Waals surface area contributed by atoms with Crippen LogP contribution in [0, 0.1) is 5.92 Å². The molecule has 0 aromatic carbocycles. The van der Waals surface area contributed by atoms with E-state index in [2.05, 4.69) is 33.0 Å². The van der Waals surface area contributed by atoms with E-state index in [0.717, 1.165) is 19.8 Å². The Balaban J connectivity index is 3.05. The van der Waals surface area contributed by atoms with Gasteiger partial charge >= 0.3 is 0 Å². The quantitative estimate of drug-likeness (QED) is 0.579. The van der Waals surface area contributed by atoms with Crippen LogP contribution in [0.25, 0.3) is 0 Å². The van der Waals surface area contributed by atoms with E-state index in [0.29, 0.717) is 12.0 Å². The highest BCUT2D eigenvalue weighted by Crippen LogP contribution is 2.01. The molecule has 0 radical (unpaired) electrons. The van der Waals surface area contributed by atoms with Crippen molar-refractivity contribution in [2.45, 2.75) is 53.0 Å². The van der Waals surface area contributed by atoms with Crippen LogP contribution >= 0.6 is 0 Å². The molecule has 0 aliphatic rings. The topological polar surface area (TPSA) is 21.3 Å². The largest absolute Gasteiger partial charge is 0.381 e. The van der Waals surface area contributed by atoms with Gasteiger partial charge in [-0.3, -0.25) is 0 Å². The van der Waals surface area contributed by atoms with Gasteiger partial charge in [-0.1, -0.05) is 20.8 Å². The van der Waals surface area contributed by atoms with E-state index >= 15 is 0 Å². The average molecular weight is 201 g/mol. The lowest BCUT2D eigenvalue weighted by molar-refractivity contribution is 0.106. The molecular formula is C12H27NO. The molecule has 0 saturated carbocycles. The average Bonchev–Trinajstić information content (AvgIpc) is 2.11. The number of unbranched alkanes of at least 4 members (excludes halogenated alkanes) is 1. The van der Waals surface area contributed by atoms with Crippen LogP contribution in [0.3, 0.4) is 0 Å². The molecule has 14 heavy (non-hydrogen) atoms. The van der Waals surface area contributed by atoms with Crippen molar-refractivity contribution in [2.24, 2.45) is 5.92 Å². The summed E-state index contributed by atoms with van der Waals surface area (Å²) in [6, 6.07) is 0.657. The van der Waals surface area contributed by atoms with Crippen molar-refractivity contribution in [2.75, 3.05) is 19.8 Å². The van der Waals surface area contributed by atoms with Gasteiger partial charge in [0, 0.05) is 19.3 Å². The molecule has 0 aliphatic heterocycles. The Hall–Kier alpha value is -0.0800. The van der Waals surface area contributed by atoms with E-state index < -0.39 is 0 Å². The zero-order chi connectivity index (χ0) is 10.8. The highest BCUT2D eigenvalue weighted by atomic mass is 16.5. The second-order valence-corrected chi connectivity index (χ2v) is 4.42. The van der Waals surface area contributed by atoms with Crippen molar-refractivity contribution in [3.63, 3.8) is 0 Å². The van der Waals surface area contributed by atoms with E-state index in [1.54, 1.807) is 0 Å². The molecule has 1 unspecified atom stereocenters. The molecule has 0 spiro atoms. The zero-order valence-electron chi connectivity index (χ0n) is 10.3. The van der Waals surface area contributed by atoms with Crippen LogP contribution in [0.2, 0.25) is 0 Å². The number of rotatable bonds is 9. The van der Waals surface area contributed by atoms with Crippen molar-refractivity contribution in [1.29, 1.82) is 0 Å². The molecule has 0 aromatic heterocycles. The first-order valence-electron chi connectivity index (χ1n) is 5.98. The molecule has 86 valence electrons. The molecule has 1 N–H and O–H groups in total. The fourth-order valence-corrected chi connectivity index (χ4v) is 1.42. The van der Waals surface area contributed by atoms with Gasteiger partial charge in [-0.25, -0.2) is 0 Å². The van der Waals surface area contributed by atoms with E-state index in [4.69, 9.17) is 4.74 Å². The number of hydrogen-bond acceptors (Lipinski definition) is 2. The van der Waals surface area contributed by atoms with Gasteiger partial charge in [0.2, 0.25) is 0 Å². The Morgan fingerprint density at radius 3 is 2.43 bits per heavy atom. The summed E-state index contributed by atoms with van der Waals surface area (Å²) in [5.74, 6) is 0.663. The highest BCUT2D eigenvalue weighted by molar-refractivity contribution is 4.58. The lowest BCUT2D eigenvalue weighted by Crippen LogP contribution is -2.25. The Morgan fingerprint density at radius 1 is 1.14 bits per heavy atom. The molecule has 0 fully saturated rings. The third kappa shape index (κ3) is 10.0. The first kappa shape index (κ1) is 13.9.